The minimum Gasteiger partial charge on any atom is -0.277 e. The van der Waals surface area contributed by atoms with E-state index >= 15 is 0 Å². The number of imide groups is 1. The van der Waals surface area contributed by atoms with Crippen molar-refractivity contribution >= 4 is 17.4 Å². The number of likely N-dealkylation sites (N-methyl/N-ethyl adjacent to an activating group) is 1. The summed E-state index contributed by atoms with van der Waals surface area (Å²) in [5.41, 5.74) is 2.97. The van der Waals surface area contributed by atoms with Crippen LogP contribution in [0.4, 0.5) is 0 Å². The van der Waals surface area contributed by atoms with Crippen molar-refractivity contribution in [3.05, 3.63) is 53.6 Å². The third-order valence-electron chi connectivity index (χ3n) is 3.29. The van der Waals surface area contributed by atoms with Crippen molar-refractivity contribution < 1.29 is 9.59 Å². The van der Waals surface area contributed by atoms with Gasteiger partial charge in [-0.1, -0.05) is 38.1 Å². The van der Waals surface area contributed by atoms with Crippen LogP contribution < -0.4 is 0 Å². The summed E-state index contributed by atoms with van der Waals surface area (Å²) >= 11 is 0. The average Bonchev–Trinajstić information content (AvgIpc) is 2.41. The van der Waals surface area contributed by atoms with Crippen LogP contribution in [0.25, 0.3) is 5.57 Å². The molecule has 2 rings (SSSR count). The number of carbonyl (C=O) groups excluding carboxylic acids is 2. The summed E-state index contributed by atoms with van der Waals surface area (Å²) < 4.78 is 0. The first kappa shape index (κ1) is 13.3. The van der Waals surface area contributed by atoms with E-state index < -0.39 is 0 Å². The van der Waals surface area contributed by atoms with Crippen LogP contribution >= 0.6 is 0 Å². The maximum atomic E-state index is 12.2. The third kappa shape index (κ3) is 2.12. The Morgan fingerprint density at radius 3 is 2.63 bits per heavy atom. The first-order valence-electron chi connectivity index (χ1n) is 6.39. The third-order valence-corrected chi connectivity index (χ3v) is 3.29. The second kappa shape index (κ2) is 5.22. The lowest BCUT2D eigenvalue weighted by atomic mass is 9.87. The van der Waals surface area contributed by atoms with Crippen molar-refractivity contribution in [2.24, 2.45) is 0 Å². The second-order valence-corrected chi connectivity index (χ2v) is 4.58. The molecule has 0 saturated heterocycles. The Labute approximate surface area is 113 Å². The van der Waals surface area contributed by atoms with Gasteiger partial charge in [-0.2, -0.15) is 0 Å². The fraction of sp³-hybridized carbons (Fsp3) is 0.250. The van der Waals surface area contributed by atoms with Crippen LogP contribution in [0.2, 0.25) is 0 Å². The predicted octanol–water partition coefficient (Wildman–Crippen LogP) is 2.82. The number of rotatable bonds is 3. The number of carbonyl (C=O) groups is 2. The first-order valence-corrected chi connectivity index (χ1v) is 6.39. The lowest BCUT2D eigenvalue weighted by Gasteiger charge is -2.27. The summed E-state index contributed by atoms with van der Waals surface area (Å²) in [6.07, 6.45) is 5.09. The van der Waals surface area contributed by atoms with E-state index in [1.807, 2.05) is 12.1 Å². The molecule has 3 nitrogen and oxygen atoms in total. The van der Waals surface area contributed by atoms with E-state index in [1.165, 1.54) is 7.05 Å². The van der Waals surface area contributed by atoms with Crippen LogP contribution in [0.5, 0.6) is 0 Å². The van der Waals surface area contributed by atoms with E-state index in [2.05, 4.69) is 13.5 Å². The van der Waals surface area contributed by atoms with E-state index in [-0.39, 0.29) is 11.8 Å². The summed E-state index contributed by atoms with van der Waals surface area (Å²) in [7, 11) is 1.51. The second-order valence-electron chi connectivity index (χ2n) is 4.58. The van der Waals surface area contributed by atoms with Gasteiger partial charge in [0.25, 0.3) is 11.8 Å². The molecule has 19 heavy (non-hydrogen) atoms. The Morgan fingerprint density at radius 2 is 2.00 bits per heavy atom. The van der Waals surface area contributed by atoms with E-state index in [0.29, 0.717) is 11.1 Å². The Hall–Kier alpha value is -2.16. The van der Waals surface area contributed by atoms with E-state index in [0.717, 1.165) is 28.9 Å². The topological polar surface area (TPSA) is 37.4 Å². The zero-order valence-electron chi connectivity index (χ0n) is 11.3. The van der Waals surface area contributed by atoms with E-state index in [1.54, 1.807) is 18.2 Å². The number of allylic oxidation sites excluding steroid dienone is 2. The molecular formula is C16H17NO2. The molecule has 1 aromatic carbocycles. The molecular weight excluding hydrogens is 238 g/mol. The van der Waals surface area contributed by atoms with Gasteiger partial charge in [-0.3, -0.25) is 14.5 Å². The lowest BCUT2D eigenvalue weighted by Crippen LogP contribution is -2.38. The molecule has 0 aromatic heterocycles. The molecule has 2 amide bonds. The summed E-state index contributed by atoms with van der Waals surface area (Å²) in [4.78, 5) is 25.6. The molecule has 98 valence electrons. The van der Waals surface area contributed by atoms with Gasteiger partial charge in [0, 0.05) is 23.7 Å². The zero-order valence-corrected chi connectivity index (χ0v) is 11.3. The molecule has 0 atom stereocenters. The van der Waals surface area contributed by atoms with E-state index in [4.69, 9.17) is 0 Å². The molecule has 1 aromatic rings. The average molecular weight is 255 g/mol. The van der Waals surface area contributed by atoms with Gasteiger partial charge in [0.1, 0.15) is 0 Å². The molecule has 1 heterocycles. The molecule has 1 aliphatic rings. The van der Waals surface area contributed by atoms with Gasteiger partial charge in [-0.15, -0.1) is 0 Å². The Bertz CT molecular complexity index is 584. The Balaban J connectivity index is 2.73. The van der Waals surface area contributed by atoms with Crippen LogP contribution in [-0.4, -0.2) is 23.8 Å². The van der Waals surface area contributed by atoms with Gasteiger partial charge < -0.3 is 0 Å². The van der Waals surface area contributed by atoms with Crippen molar-refractivity contribution in [3.63, 3.8) is 0 Å². The van der Waals surface area contributed by atoms with Crippen molar-refractivity contribution in [2.45, 2.75) is 19.8 Å². The SMILES string of the molecule is C=C/C=C1/C(=O)N(C)C(=O)c2cccc(CCC)c21. The standard InChI is InChI=1S/C16H17NO2/c1-4-7-11-9-6-10-13-14(11)12(8-5-2)15(18)17(3)16(13)19/h5-6,8-10H,2,4,7H2,1,3H3/b12-8+. The van der Waals surface area contributed by atoms with Crippen molar-refractivity contribution in [2.75, 3.05) is 7.05 Å². The number of nitrogens with zero attached hydrogens (tertiary/aromatic N) is 1. The Kier molecular flexibility index (Phi) is 3.65. The minimum absolute atomic E-state index is 0.237. The smallest absolute Gasteiger partial charge is 0.261 e. The number of fused-ring (bicyclic) bond motifs is 1. The highest BCUT2D eigenvalue weighted by atomic mass is 16.2. The summed E-state index contributed by atoms with van der Waals surface area (Å²) in [6.45, 7) is 5.73. The molecule has 0 spiro atoms. The number of hydrogen-bond donors (Lipinski definition) is 0. The quantitative estimate of drug-likeness (QED) is 0.615. The summed E-state index contributed by atoms with van der Waals surface area (Å²) in [5, 5.41) is 0. The minimum atomic E-state index is -0.263. The number of benzene rings is 1. The highest BCUT2D eigenvalue weighted by Gasteiger charge is 2.33. The molecule has 0 saturated carbocycles. The molecule has 0 bridgehead atoms. The van der Waals surface area contributed by atoms with Crippen LogP contribution in [0, 0.1) is 0 Å². The van der Waals surface area contributed by atoms with Crippen LogP contribution in [0.1, 0.15) is 34.8 Å². The summed E-state index contributed by atoms with van der Waals surface area (Å²) in [6, 6.07) is 5.62. The predicted molar refractivity (Wildman–Crippen MR) is 75.7 cm³/mol. The van der Waals surface area contributed by atoms with Crippen molar-refractivity contribution in [1.82, 2.24) is 4.90 Å². The van der Waals surface area contributed by atoms with Gasteiger partial charge in [0.05, 0.1) is 0 Å². The zero-order chi connectivity index (χ0) is 14.0. The highest BCUT2D eigenvalue weighted by molar-refractivity contribution is 6.31. The Morgan fingerprint density at radius 1 is 1.26 bits per heavy atom. The number of amides is 2. The van der Waals surface area contributed by atoms with Gasteiger partial charge >= 0.3 is 0 Å². The van der Waals surface area contributed by atoms with Crippen molar-refractivity contribution in [3.8, 4) is 0 Å². The molecule has 3 heteroatoms. The molecule has 0 aliphatic carbocycles. The molecule has 0 N–H and O–H groups in total. The lowest BCUT2D eigenvalue weighted by molar-refractivity contribution is -0.121. The van der Waals surface area contributed by atoms with Gasteiger partial charge in [-0.25, -0.2) is 0 Å². The summed E-state index contributed by atoms with van der Waals surface area (Å²) in [5.74, 6) is -0.500. The van der Waals surface area contributed by atoms with Crippen LogP contribution in [0.15, 0.2) is 36.9 Å². The van der Waals surface area contributed by atoms with Gasteiger partial charge in [0.2, 0.25) is 0 Å². The van der Waals surface area contributed by atoms with Crippen LogP contribution in [-0.2, 0) is 11.2 Å². The molecule has 0 radical (unpaired) electrons. The highest BCUT2D eigenvalue weighted by Crippen LogP contribution is 2.31. The molecule has 1 aliphatic heterocycles. The fourth-order valence-corrected chi connectivity index (χ4v) is 2.41. The fourth-order valence-electron chi connectivity index (χ4n) is 2.41. The van der Waals surface area contributed by atoms with E-state index in [9.17, 15) is 9.59 Å². The number of hydrogen-bond acceptors (Lipinski definition) is 2. The largest absolute Gasteiger partial charge is 0.277 e. The molecule has 0 unspecified atom stereocenters. The van der Waals surface area contributed by atoms with Gasteiger partial charge in [-0.05, 0) is 24.1 Å². The maximum absolute atomic E-state index is 12.2. The normalized spacial score (nSPS) is 16.7. The maximum Gasteiger partial charge on any atom is 0.261 e. The van der Waals surface area contributed by atoms with Crippen LogP contribution in [0.3, 0.4) is 0 Å². The number of aryl methyl sites for hydroxylation is 1. The molecule has 0 fully saturated rings. The first-order chi connectivity index (χ1) is 9.11. The van der Waals surface area contributed by atoms with Gasteiger partial charge in [0.15, 0.2) is 0 Å². The monoisotopic (exact) mass is 255 g/mol. The van der Waals surface area contributed by atoms with Crippen molar-refractivity contribution in [1.29, 1.82) is 0 Å².